The van der Waals surface area contributed by atoms with Gasteiger partial charge in [0.1, 0.15) is 0 Å². The molecule has 0 spiro atoms. The van der Waals surface area contributed by atoms with Gasteiger partial charge in [-0.2, -0.15) is 12.7 Å². The van der Waals surface area contributed by atoms with E-state index in [1.807, 2.05) is 26.0 Å². The van der Waals surface area contributed by atoms with Crippen LogP contribution in [0.25, 0.3) is 0 Å². The molecule has 0 unspecified atom stereocenters. The first-order valence-electron chi connectivity index (χ1n) is 5.32. The van der Waals surface area contributed by atoms with Crippen LogP contribution in [0.2, 0.25) is 0 Å². The lowest BCUT2D eigenvalue weighted by Crippen LogP contribution is -2.39. The molecular weight excluding hydrogens is 324 g/mol. The molecule has 0 amide bonds. The Morgan fingerprint density at radius 1 is 1.47 bits per heavy atom. The Bertz CT molecular complexity index is 506. The molecule has 0 saturated carbocycles. The van der Waals surface area contributed by atoms with Crippen LogP contribution in [0, 0.1) is 0 Å². The minimum Gasteiger partial charge on any atom is -0.201 e. The monoisotopic (exact) mass is 338 g/mol. The van der Waals surface area contributed by atoms with E-state index in [-0.39, 0.29) is 5.41 Å². The lowest BCUT2D eigenvalue weighted by Gasteiger charge is -2.23. The van der Waals surface area contributed by atoms with Crippen molar-refractivity contribution in [3.8, 4) is 0 Å². The van der Waals surface area contributed by atoms with Crippen LogP contribution in [0.1, 0.15) is 18.7 Å². The summed E-state index contributed by atoms with van der Waals surface area (Å²) in [6.07, 6.45) is 0. The summed E-state index contributed by atoms with van der Waals surface area (Å²) >= 11 is 5.06. The summed E-state index contributed by atoms with van der Waals surface area (Å²) < 4.78 is 28.5. The molecule has 1 fully saturated rings. The van der Waals surface area contributed by atoms with Gasteiger partial charge >= 0.3 is 0 Å². The summed E-state index contributed by atoms with van der Waals surface area (Å²) in [5, 5.41) is 0. The highest BCUT2D eigenvalue weighted by Crippen LogP contribution is 2.32. The highest BCUT2D eigenvalue weighted by molar-refractivity contribution is 9.11. The molecule has 0 aromatic carbocycles. The van der Waals surface area contributed by atoms with E-state index in [4.69, 9.17) is 0 Å². The summed E-state index contributed by atoms with van der Waals surface area (Å²) in [7, 11) is -3.25. The predicted molar refractivity (Wildman–Crippen MR) is 73.5 cm³/mol. The number of rotatable bonds is 5. The molecule has 0 bridgehead atoms. The molecule has 4 nitrogen and oxygen atoms in total. The van der Waals surface area contributed by atoms with Crippen LogP contribution >= 0.6 is 27.3 Å². The van der Waals surface area contributed by atoms with Crippen LogP contribution in [-0.4, -0.2) is 32.4 Å². The number of hydrogen-bond donors (Lipinski definition) is 1. The van der Waals surface area contributed by atoms with Crippen molar-refractivity contribution in [2.45, 2.75) is 19.3 Å². The van der Waals surface area contributed by atoms with Crippen molar-refractivity contribution in [2.24, 2.45) is 0 Å². The Hall–Kier alpha value is 0.0500. The van der Waals surface area contributed by atoms with Crippen molar-refractivity contribution in [1.82, 2.24) is 9.03 Å². The van der Waals surface area contributed by atoms with Crippen molar-refractivity contribution in [3.63, 3.8) is 0 Å². The Balaban J connectivity index is 2.02. The van der Waals surface area contributed by atoms with E-state index in [2.05, 4.69) is 20.7 Å². The first-order chi connectivity index (χ1) is 7.81. The molecule has 17 heavy (non-hydrogen) atoms. The molecule has 0 radical (unpaired) electrons. The Morgan fingerprint density at radius 2 is 2.12 bits per heavy atom. The maximum absolute atomic E-state index is 11.7. The van der Waals surface area contributed by atoms with Gasteiger partial charge in [0, 0.05) is 29.9 Å². The highest BCUT2D eigenvalue weighted by atomic mass is 79.9. The minimum atomic E-state index is -3.25. The van der Waals surface area contributed by atoms with Gasteiger partial charge in [-0.1, -0.05) is 13.8 Å². The largest absolute Gasteiger partial charge is 0.279 e. The van der Waals surface area contributed by atoms with Crippen LogP contribution in [0.3, 0.4) is 0 Å². The molecule has 1 aliphatic rings. The smallest absolute Gasteiger partial charge is 0.201 e. The van der Waals surface area contributed by atoms with E-state index < -0.39 is 10.2 Å². The lowest BCUT2D eigenvalue weighted by molar-refractivity contribution is 0.495. The molecule has 2 heterocycles. The fraction of sp³-hybridized carbons (Fsp3) is 0.600. The van der Waals surface area contributed by atoms with Gasteiger partial charge in [-0.3, -0.25) is 0 Å². The van der Waals surface area contributed by atoms with Crippen molar-refractivity contribution in [2.75, 3.05) is 19.6 Å². The maximum Gasteiger partial charge on any atom is 0.279 e. The Kier molecular flexibility index (Phi) is 3.66. The molecule has 1 saturated heterocycles. The van der Waals surface area contributed by atoms with Gasteiger partial charge in [0.05, 0.1) is 3.79 Å². The summed E-state index contributed by atoms with van der Waals surface area (Å²) in [6, 6.07) is 4.01. The molecule has 1 N–H and O–H groups in total. The van der Waals surface area contributed by atoms with Crippen LogP contribution in [-0.2, 0) is 15.6 Å². The van der Waals surface area contributed by atoms with E-state index >= 15 is 0 Å². The lowest BCUT2D eigenvalue weighted by atomic mass is 9.92. The molecular formula is C10H15BrN2O2S2. The van der Waals surface area contributed by atoms with Gasteiger partial charge in [0.15, 0.2) is 0 Å². The summed E-state index contributed by atoms with van der Waals surface area (Å²) in [4.78, 5) is 1.16. The minimum absolute atomic E-state index is 0.195. The van der Waals surface area contributed by atoms with E-state index in [1.165, 1.54) is 4.31 Å². The summed E-state index contributed by atoms with van der Waals surface area (Å²) in [6.45, 7) is 5.77. The van der Waals surface area contributed by atoms with Gasteiger partial charge in [-0.15, -0.1) is 11.3 Å². The topological polar surface area (TPSA) is 49.2 Å². The normalized spacial score (nSPS) is 17.4. The fourth-order valence-electron chi connectivity index (χ4n) is 1.41. The van der Waals surface area contributed by atoms with Crippen molar-refractivity contribution in [3.05, 3.63) is 20.8 Å². The standard InChI is InChI=1S/C10H15BrN2O2S2/c1-10(2,8-3-4-9(11)16-8)7-12-17(14,15)13-5-6-13/h3-4,12H,5-7H2,1-2H3. The van der Waals surface area contributed by atoms with Crippen molar-refractivity contribution < 1.29 is 8.42 Å². The van der Waals surface area contributed by atoms with Crippen LogP contribution in [0.15, 0.2) is 15.9 Å². The highest BCUT2D eigenvalue weighted by Gasteiger charge is 2.33. The number of thiophene rings is 1. The third-order valence-corrected chi connectivity index (χ3v) is 6.23. The van der Waals surface area contributed by atoms with Gasteiger partial charge in [-0.25, -0.2) is 4.72 Å². The maximum atomic E-state index is 11.7. The molecule has 96 valence electrons. The van der Waals surface area contributed by atoms with Gasteiger partial charge in [-0.05, 0) is 28.1 Å². The van der Waals surface area contributed by atoms with Crippen LogP contribution in [0.4, 0.5) is 0 Å². The molecule has 1 aromatic heterocycles. The second-order valence-electron chi connectivity index (χ2n) is 4.71. The van der Waals surface area contributed by atoms with E-state index in [0.717, 1.165) is 8.66 Å². The average molecular weight is 339 g/mol. The number of nitrogens with one attached hydrogen (secondary N) is 1. The molecule has 0 aliphatic carbocycles. The van der Waals surface area contributed by atoms with E-state index in [9.17, 15) is 8.42 Å². The third-order valence-electron chi connectivity index (χ3n) is 2.68. The molecule has 2 rings (SSSR count). The second kappa shape index (κ2) is 4.62. The van der Waals surface area contributed by atoms with Crippen molar-refractivity contribution >= 4 is 37.5 Å². The van der Waals surface area contributed by atoms with Gasteiger partial charge in [0.25, 0.3) is 10.2 Å². The third kappa shape index (κ3) is 3.29. The fourth-order valence-corrected chi connectivity index (χ4v) is 4.18. The van der Waals surface area contributed by atoms with E-state index in [0.29, 0.717) is 19.6 Å². The predicted octanol–water partition coefficient (Wildman–Crippen LogP) is 1.94. The van der Waals surface area contributed by atoms with Crippen LogP contribution < -0.4 is 4.72 Å². The van der Waals surface area contributed by atoms with Gasteiger partial charge < -0.3 is 0 Å². The number of halogens is 1. The van der Waals surface area contributed by atoms with Crippen molar-refractivity contribution in [1.29, 1.82) is 0 Å². The number of hydrogen-bond acceptors (Lipinski definition) is 3. The van der Waals surface area contributed by atoms with E-state index in [1.54, 1.807) is 11.3 Å². The average Bonchev–Trinajstić information content (AvgIpc) is 3.00. The molecule has 0 atom stereocenters. The second-order valence-corrected chi connectivity index (χ2v) is 8.93. The molecule has 1 aliphatic heterocycles. The zero-order valence-electron chi connectivity index (χ0n) is 9.73. The zero-order valence-corrected chi connectivity index (χ0v) is 13.0. The SMILES string of the molecule is CC(C)(CNS(=O)(=O)N1CC1)c1ccc(Br)s1. The zero-order chi connectivity index (χ0) is 12.7. The summed E-state index contributed by atoms with van der Waals surface area (Å²) in [5.41, 5.74) is -0.195. The summed E-state index contributed by atoms with van der Waals surface area (Å²) in [5.74, 6) is 0. The Morgan fingerprint density at radius 3 is 2.59 bits per heavy atom. The quantitative estimate of drug-likeness (QED) is 0.834. The van der Waals surface area contributed by atoms with Gasteiger partial charge in [0.2, 0.25) is 0 Å². The first kappa shape index (κ1) is 13.5. The number of nitrogens with zero attached hydrogens (tertiary/aromatic N) is 1. The molecule has 1 aromatic rings. The molecule has 7 heteroatoms. The Labute approximate surface area is 114 Å². The first-order valence-corrected chi connectivity index (χ1v) is 8.37. The van der Waals surface area contributed by atoms with Crippen LogP contribution in [0.5, 0.6) is 0 Å².